The highest BCUT2D eigenvalue weighted by Gasteiger charge is 2.18. The van der Waals surface area contributed by atoms with Crippen molar-refractivity contribution >= 4 is 10.8 Å². The Balaban J connectivity index is 1.88. The van der Waals surface area contributed by atoms with Gasteiger partial charge in [-0.25, -0.2) is 0 Å². The van der Waals surface area contributed by atoms with Crippen LogP contribution in [0.3, 0.4) is 0 Å². The molecule has 0 spiro atoms. The third kappa shape index (κ3) is 1.58. The Morgan fingerprint density at radius 2 is 1.94 bits per heavy atom. The predicted molar refractivity (Wildman–Crippen MR) is 76.0 cm³/mol. The van der Waals surface area contributed by atoms with E-state index in [1.54, 1.807) is 11.1 Å². The largest absolute Gasteiger partial charge is 0.310 e. The Kier molecular flexibility index (Phi) is 2.41. The number of benzene rings is 2. The molecule has 92 valence electrons. The van der Waals surface area contributed by atoms with E-state index in [4.69, 9.17) is 0 Å². The molecule has 0 saturated carbocycles. The summed E-state index contributed by atoms with van der Waals surface area (Å²) in [6.07, 6.45) is 6.49. The molecule has 1 aliphatic heterocycles. The topological polar surface area (TPSA) is 12.0 Å². The summed E-state index contributed by atoms with van der Waals surface area (Å²) in [7, 11) is 0. The molecule has 0 bridgehead atoms. The fraction of sp³-hybridized carbons (Fsp3) is 0.412. The SMILES string of the molecule is c1cc2ccc3c(c2cc1[C@H]1CCCN1)CCC3. The molecule has 2 aromatic carbocycles. The molecule has 1 nitrogen and oxygen atoms in total. The third-order valence-corrected chi connectivity index (χ3v) is 4.59. The average molecular weight is 237 g/mol. The van der Waals surface area contributed by atoms with Gasteiger partial charge in [0.2, 0.25) is 0 Å². The van der Waals surface area contributed by atoms with Crippen molar-refractivity contribution < 1.29 is 0 Å². The van der Waals surface area contributed by atoms with Crippen molar-refractivity contribution in [3.05, 3.63) is 47.0 Å². The first-order valence-electron chi connectivity index (χ1n) is 7.19. The van der Waals surface area contributed by atoms with Crippen LogP contribution in [0.4, 0.5) is 0 Å². The van der Waals surface area contributed by atoms with Gasteiger partial charge in [0, 0.05) is 6.04 Å². The molecule has 1 saturated heterocycles. The van der Waals surface area contributed by atoms with Crippen molar-refractivity contribution in [1.82, 2.24) is 5.32 Å². The van der Waals surface area contributed by atoms with E-state index >= 15 is 0 Å². The molecule has 0 aromatic heterocycles. The summed E-state index contributed by atoms with van der Waals surface area (Å²) in [5, 5.41) is 6.53. The molecule has 1 heteroatoms. The van der Waals surface area contributed by atoms with Crippen molar-refractivity contribution in [1.29, 1.82) is 0 Å². The molecule has 0 amide bonds. The van der Waals surface area contributed by atoms with Gasteiger partial charge in [0.1, 0.15) is 0 Å². The van der Waals surface area contributed by atoms with Crippen molar-refractivity contribution in [3.8, 4) is 0 Å². The summed E-state index contributed by atoms with van der Waals surface area (Å²) < 4.78 is 0. The molecular formula is C17H19N. The molecule has 0 radical (unpaired) electrons. The maximum Gasteiger partial charge on any atom is 0.0320 e. The lowest BCUT2D eigenvalue weighted by Crippen LogP contribution is -2.12. The fourth-order valence-electron chi connectivity index (χ4n) is 3.62. The molecule has 1 atom stereocenters. The van der Waals surface area contributed by atoms with Gasteiger partial charge in [-0.3, -0.25) is 0 Å². The van der Waals surface area contributed by atoms with Gasteiger partial charge in [0.25, 0.3) is 0 Å². The molecule has 0 unspecified atom stereocenters. The smallest absolute Gasteiger partial charge is 0.0320 e. The average Bonchev–Trinajstić information content (AvgIpc) is 3.09. The molecule has 1 fully saturated rings. The highest BCUT2D eigenvalue weighted by atomic mass is 14.9. The van der Waals surface area contributed by atoms with Gasteiger partial charge in [-0.1, -0.05) is 24.3 Å². The molecule has 18 heavy (non-hydrogen) atoms. The number of hydrogen-bond acceptors (Lipinski definition) is 1. The molecule has 2 aromatic rings. The van der Waals surface area contributed by atoms with Gasteiger partial charge in [0.05, 0.1) is 0 Å². The number of rotatable bonds is 1. The minimum atomic E-state index is 0.589. The van der Waals surface area contributed by atoms with Crippen LogP contribution in [0.15, 0.2) is 30.3 Å². The first kappa shape index (κ1) is 10.6. The van der Waals surface area contributed by atoms with E-state index in [1.807, 2.05) is 0 Å². The first-order valence-corrected chi connectivity index (χ1v) is 7.19. The van der Waals surface area contributed by atoms with Gasteiger partial charge in [0.15, 0.2) is 0 Å². The van der Waals surface area contributed by atoms with Gasteiger partial charge >= 0.3 is 0 Å². The lowest BCUT2D eigenvalue weighted by atomic mass is 9.96. The molecule has 1 heterocycles. The number of hydrogen-bond donors (Lipinski definition) is 1. The van der Waals surface area contributed by atoms with Crippen molar-refractivity contribution in [2.24, 2.45) is 0 Å². The minimum Gasteiger partial charge on any atom is -0.310 e. The lowest BCUT2D eigenvalue weighted by Gasteiger charge is -2.13. The zero-order valence-electron chi connectivity index (χ0n) is 10.7. The zero-order valence-corrected chi connectivity index (χ0v) is 10.7. The summed E-state index contributed by atoms with van der Waals surface area (Å²) in [4.78, 5) is 0. The monoisotopic (exact) mass is 237 g/mol. The van der Waals surface area contributed by atoms with Crippen LogP contribution in [0.2, 0.25) is 0 Å². The molecule has 1 aliphatic carbocycles. The third-order valence-electron chi connectivity index (χ3n) is 4.59. The van der Waals surface area contributed by atoms with Crippen LogP contribution in [-0.2, 0) is 12.8 Å². The van der Waals surface area contributed by atoms with E-state index < -0.39 is 0 Å². The number of nitrogens with one attached hydrogen (secondary N) is 1. The van der Waals surface area contributed by atoms with Crippen LogP contribution < -0.4 is 5.32 Å². The second kappa shape index (κ2) is 4.10. The summed E-state index contributed by atoms with van der Waals surface area (Å²) in [6, 6.07) is 12.3. The number of fused-ring (bicyclic) bond motifs is 3. The van der Waals surface area contributed by atoms with Crippen molar-refractivity contribution in [3.63, 3.8) is 0 Å². The molecule has 2 aliphatic rings. The van der Waals surface area contributed by atoms with E-state index in [1.165, 1.54) is 55.0 Å². The minimum absolute atomic E-state index is 0.589. The summed E-state index contributed by atoms with van der Waals surface area (Å²) in [5.74, 6) is 0. The van der Waals surface area contributed by atoms with Crippen LogP contribution in [0, 0.1) is 0 Å². The first-order chi connectivity index (χ1) is 8.92. The maximum atomic E-state index is 3.61. The second-order valence-electron chi connectivity index (χ2n) is 5.69. The summed E-state index contributed by atoms with van der Waals surface area (Å²) in [5.41, 5.74) is 4.69. The number of aryl methyl sites for hydroxylation is 2. The van der Waals surface area contributed by atoms with Gasteiger partial charge < -0.3 is 5.32 Å². The molecule has 1 N–H and O–H groups in total. The van der Waals surface area contributed by atoms with E-state index in [0.29, 0.717) is 6.04 Å². The van der Waals surface area contributed by atoms with Crippen LogP contribution >= 0.6 is 0 Å². The normalized spacial score (nSPS) is 22.6. The van der Waals surface area contributed by atoms with Crippen LogP contribution in [0.5, 0.6) is 0 Å². The Morgan fingerprint density at radius 3 is 2.83 bits per heavy atom. The maximum absolute atomic E-state index is 3.61. The van der Waals surface area contributed by atoms with E-state index in [-0.39, 0.29) is 0 Å². The standard InChI is InChI=1S/C17H19N/c1-3-12-6-7-13-8-9-14(17-5-2-10-18-17)11-16(13)15(12)4-1/h6-9,11,17-18H,1-5,10H2/t17-/m1/s1. The fourth-order valence-corrected chi connectivity index (χ4v) is 3.62. The van der Waals surface area contributed by atoms with Crippen molar-refractivity contribution in [2.75, 3.05) is 6.54 Å². The summed E-state index contributed by atoms with van der Waals surface area (Å²) >= 11 is 0. The van der Waals surface area contributed by atoms with Gasteiger partial charge in [-0.15, -0.1) is 0 Å². The lowest BCUT2D eigenvalue weighted by molar-refractivity contribution is 0.648. The Bertz CT molecular complexity index is 594. The van der Waals surface area contributed by atoms with Crippen LogP contribution in [0.25, 0.3) is 10.8 Å². The highest BCUT2D eigenvalue weighted by Crippen LogP contribution is 2.33. The summed E-state index contributed by atoms with van der Waals surface area (Å²) in [6.45, 7) is 1.18. The zero-order chi connectivity index (χ0) is 11.9. The quantitative estimate of drug-likeness (QED) is 0.796. The molecular weight excluding hydrogens is 218 g/mol. The Labute approximate surface area is 108 Å². The van der Waals surface area contributed by atoms with E-state index in [2.05, 4.69) is 35.6 Å². The van der Waals surface area contributed by atoms with Crippen molar-refractivity contribution in [2.45, 2.75) is 38.1 Å². The predicted octanol–water partition coefficient (Wildman–Crippen LogP) is 3.75. The van der Waals surface area contributed by atoms with Gasteiger partial charge in [-0.05, 0) is 72.2 Å². The molecule has 4 rings (SSSR count). The van der Waals surface area contributed by atoms with Crippen LogP contribution in [0.1, 0.15) is 42.0 Å². The highest BCUT2D eigenvalue weighted by molar-refractivity contribution is 5.88. The Hall–Kier alpha value is -1.34. The van der Waals surface area contributed by atoms with Gasteiger partial charge in [-0.2, -0.15) is 0 Å². The van der Waals surface area contributed by atoms with E-state index in [0.717, 1.165) is 0 Å². The van der Waals surface area contributed by atoms with Crippen LogP contribution in [-0.4, -0.2) is 6.54 Å². The second-order valence-corrected chi connectivity index (χ2v) is 5.69. The van der Waals surface area contributed by atoms with E-state index in [9.17, 15) is 0 Å². The Morgan fingerprint density at radius 1 is 1.00 bits per heavy atom.